The smallest absolute Gasteiger partial charge is 0.122 e. The van der Waals surface area contributed by atoms with E-state index < -0.39 is 0 Å². The molecule has 0 unspecified atom stereocenters. The van der Waals surface area contributed by atoms with Gasteiger partial charge < -0.3 is 9.84 Å². The highest BCUT2D eigenvalue weighted by Crippen LogP contribution is 2.42. The lowest BCUT2D eigenvalue weighted by Crippen LogP contribution is -2.25. The van der Waals surface area contributed by atoms with Crippen LogP contribution in [-0.4, -0.2) is 18.8 Å². The van der Waals surface area contributed by atoms with E-state index in [2.05, 4.69) is 63.3 Å². The fraction of sp³-hybridized carbons (Fsp3) is 0.615. The second kappa shape index (κ2) is 18.8. The molecule has 0 atom stereocenters. The Kier molecular flexibility index (Phi) is 19.3. The number of ether oxygens (including phenoxy) is 1. The Morgan fingerprint density at radius 1 is 1.11 bits per heavy atom. The molecule has 1 N–H and O–H groups in total. The third-order valence-corrected chi connectivity index (χ3v) is 4.61. The van der Waals surface area contributed by atoms with Crippen LogP contribution in [0.25, 0.3) is 0 Å². The van der Waals surface area contributed by atoms with E-state index in [0.717, 1.165) is 12.2 Å². The predicted octanol–water partition coefficient (Wildman–Crippen LogP) is 7.86. The van der Waals surface area contributed by atoms with Gasteiger partial charge in [0.2, 0.25) is 0 Å². The fourth-order valence-electron chi connectivity index (χ4n) is 3.18. The summed E-state index contributed by atoms with van der Waals surface area (Å²) in [6.07, 6.45) is 14.2. The number of aliphatic hydroxyl groups is 1. The molecule has 0 heterocycles. The molecule has 1 aromatic carbocycles. The van der Waals surface area contributed by atoms with Crippen LogP contribution < -0.4 is 4.74 Å². The molecule has 1 aromatic rings. The number of benzene rings is 1. The van der Waals surface area contributed by atoms with Crippen molar-refractivity contribution in [3.8, 4) is 5.75 Å². The molecule has 1 saturated carbocycles. The van der Waals surface area contributed by atoms with Gasteiger partial charge in [-0.3, -0.25) is 0 Å². The van der Waals surface area contributed by atoms with Gasteiger partial charge in [-0.2, -0.15) is 0 Å². The molecule has 0 saturated heterocycles. The topological polar surface area (TPSA) is 29.5 Å². The highest BCUT2D eigenvalue weighted by atomic mass is 16.5. The van der Waals surface area contributed by atoms with Crippen LogP contribution in [0.3, 0.4) is 0 Å². The zero-order valence-electron chi connectivity index (χ0n) is 19.8. The molecule has 1 aliphatic rings. The van der Waals surface area contributed by atoms with Crippen LogP contribution >= 0.6 is 0 Å². The maximum Gasteiger partial charge on any atom is 0.122 e. The third kappa shape index (κ3) is 12.8. The predicted molar refractivity (Wildman–Crippen MR) is 126 cm³/mol. The van der Waals surface area contributed by atoms with Crippen molar-refractivity contribution in [1.29, 1.82) is 0 Å². The first-order valence-electron chi connectivity index (χ1n) is 10.9. The van der Waals surface area contributed by atoms with Crippen LogP contribution in [0.1, 0.15) is 92.6 Å². The summed E-state index contributed by atoms with van der Waals surface area (Å²) in [5.41, 5.74) is 3.13. The Labute approximate surface area is 175 Å². The molecule has 2 rings (SSSR count). The van der Waals surface area contributed by atoms with Gasteiger partial charge in [-0.1, -0.05) is 82.0 Å². The molecule has 0 aliphatic heterocycles. The summed E-state index contributed by atoms with van der Waals surface area (Å²) in [6.45, 7) is 14.6. The molecular weight excluding hydrogens is 344 g/mol. The van der Waals surface area contributed by atoms with Crippen molar-refractivity contribution < 1.29 is 9.84 Å². The van der Waals surface area contributed by atoms with Gasteiger partial charge in [0.15, 0.2) is 0 Å². The summed E-state index contributed by atoms with van der Waals surface area (Å²) < 4.78 is 5.46. The van der Waals surface area contributed by atoms with Crippen molar-refractivity contribution in [1.82, 2.24) is 0 Å². The summed E-state index contributed by atoms with van der Waals surface area (Å²) in [5.74, 6) is 1.06. The van der Waals surface area contributed by atoms with Gasteiger partial charge in [-0.25, -0.2) is 0 Å². The first-order valence-corrected chi connectivity index (χ1v) is 10.9. The van der Waals surface area contributed by atoms with Gasteiger partial charge in [0.25, 0.3) is 0 Å². The Morgan fingerprint density at radius 3 is 2.11 bits per heavy atom. The number of para-hydroxylation sites is 1. The van der Waals surface area contributed by atoms with E-state index in [9.17, 15) is 0 Å². The summed E-state index contributed by atoms with van der Waals surface area (Å²) >= 11 is 0. The minimum absolute atomic E-state index is 0.250. The summed E-state index contributed by atoms with van der Waals surface area (Å²) in [5, 5.41) is 7.57. The van der Waals surface area contributed by atoms with Crippen LogP contribution in [0.5, 0.6) is 5.75 Å². The second-order valence-electron chi connectivity index (χ2n) is 7.22. The van der Waals surface area contributed by atoms with Gasteiger partial charge in [0, 0.05) is 12.2 Å². The largest absolute Gasteiger partial charge is 0.496 e. The molecule has 0 aromatic heterocycles. The number of allylic oxidation sites excluding steroid dienone is 4. The number of aliphatic hydroxyl groups excluding tert-OH is 1. The highest BCUT2D eigenvalue weighted by Gasteiger charge is 2.30. The highest BCUT2D eigenvalue weighted by molar-refractivity contribution is 5.39. The minimum Gasteiger partial charge on any atom is -0.496 e. The Bertz CT molecular complexity index is 519. The number of hydrogen-bond donors (Lipinski definition) is 1. The SMILES string of the molecule is C/C=C\CC=C(C)C.CC.CCO.COc1ccccc1C1(C)CCCCC1. The van der Waals surface area contributed by atoms with Gasteiger partial charge in [-0.15, -0.1) is 0 Å². The maximum atomic E-state index is 7.57. The summed E-state index contributed by atoms with van der Waals surface area (Å²) in [4.78, 5) is 0. The second-order valence-corrected chi connectivity index (χ2v) is 7.22. The van der Waals surface area contributed by atoms with Crippen LogP contribution in [0.2, 0.25) is 0 Å². The van der Waals surface area contributed by atoms with Crippen molar-refractivity contribution in [2.45, 2.75) is 92.4 Å². The number of hydrogen-bond acceptors (Lipinski definition) is 2. The van der Waals surface area contributed by atoms with Crippen molar-refractivity contribution in [2.24, 2.45) is 0 Å². The van der Waals surface area contributed by atoms with E-state index in [1.807, 2.05) is 20.8 Å². The van der Waals surface area contributed by atoms with Crippen molar-refractivity contribution in [3.63, 3.8) is 0 Å². The van der Waals surface area contributed by atoms with Crippen molar-refractivity contribution in [2.75, 3.05) is 13.7 Å². The van der Waals surface area contributed by atoms with Crippen LogP contribution in [-0.2, 0) is 5.41 Å². The van der Waals surface area contributed by atoms with Gasteiger partial charge >= 0.3 is 0 Å². The lowest BCUT2D eigenvalue weighted by atomic mass is 9.71. The summed E-state index contributed by atoms with van der Waals surface area (Å²) in [7, 11) is 1.77. The van der Waals surface area contributed by atoms with E-state index in [1.165, 1.54) is 43.2 Å². The van der Waals surface area contributed by atoms with Crippen molar-refractivity contribution >= 4 is 0 Å². The van der Waals surface area contributed by atoms with Crippen LogP contribution in [0, 0.1) is 0 Å². The Morgan fingerprint density at radius 2 is 1.64 bits per heavy atom. The van der Waals surface area contributed by atoms with Gasteiger partial charge in [0.1, 0.15) is 5.75 Å². The molecule has 0 spiro atoms. The molecule has 0 radical (unpaired) electrons. The molecule has 2 heteroatoms. The van der Waals surface area contributed by atoms with Gasteiger partial charge in [0.05, 0.1) is 7.11 Å². The molecule has 0 bridgehead atoms. The normalized spacial score (nSPS) is 14.3. The Balaban J connectivity index is 0. The number of rotatable bonds is 4. The molecule has 2 nitrogen and oxygen atoms in total. The average molecular weight is 391 g/mol. The molecule has 28 heavy (non-hydrogen) atoms. The molecule has 0 amide bonds. The van der Waals surface area contributed by atoms with E-state index in [1.54, 1.807) is 14.0 Å². The van der Waals surface area contributed by atoms with E-state index >= 15 is 0 Å². The summed E-state index contributed by atoms with van der Waals surface area (Å²) in [6, 6.07) is 8.48. The first kappa shape index (κ1) is 28.7. The third-order valence-electron chi connectivity index (χ3n) is 4.61. The van der Waals surface area contributed by atoms with E-state index in [4.69, 9.17) is 9.84 Å². The number of methoxy groups -OCH3 is 1. The van der Waals surface area contributed by atoms with Crippen LogP contribution in [0.15, 0.2) is 48.1 Å². The van der Waals surface area contributed by atoms with Crippen LogP contribution in [0.4, 0.5) is 0 Å². The minimum atomic E-state index is 0.250. The zero-order valence-corrected chi connectivity index (χ0v) is 19.8. The quantitative estimate of drug-likeness (QED) is 0.530. The lowest BCUT2D eigenvalue weighted by Gasteiger charge is -2.35. The fourth-order valence-corrected chi connectivity index (χ4v) is 3.18. The van der Waals surface area contributed by atoms with Gasteiger partial charge in [-0.05, 0) is 58.4 Å². The lowest BCUT2D eigenvalue weighted by molar-refractivity contribution is 0.304. The molecule has 1 aliphatic carbocycles. The maximum absolute atomic E-state index is 7.57. The van der Waals surface area contributed by atoms with Crippen molar-refractivity contribution in [3.05, 3.63) is 53.6 Å². The standard InChI is InChI=1S/C14H20O.C8H14.C2H6O.C2H6/c1-14(10-6-3-7-11-14)12-8-4-5-9-13(12)15-2;1-4-5-6-7-8(2)3;1-2-3;1-2/h4-5,8-9H,3,6-7,10-11H2,1-2H3;4-5,7H,6H2,1-3H3;3H,2H2,1H3;1-2H3/b;5-4-;;. The Hall–Kier alpha value is -1.54. The molecular formula is C26H46O2. The first-order chi connectivity index (χ1) is 13.4. The molecule has 1 fully saturated rings. The zero-order chi connectivity index (χ0) is 21.8. The monoisotopic (exact) mass is 390 g/mol. The van der Waals surface area contributed by atoms with E-state index in [-0.39, 0.29) is 6.61 Å². The van der Waals surface area contributed by atoms with E-state index in [0.29, 0.717) is 5.41 Å². The molecule has 162 valence electrons. The average Bonchev–Trinajstić information content (AvgIpc) is 2.71.